The van der Waals surface area contributed by atoms with Crippen LogP contribution < -0.4 is 4.74 Å². The van der Waals surface area contributed by atoms with Crippen molar-refractivity contribution in [2.75, 3.05) is 0 Å². The van der Waals surface area contributed by atoms with E-state index in [1.54, 1.807) is 6.07 Å². The number of hydrogen-bond donors (Lipinski definition) is 1. The van der Waals surface area contributed by atoms with Crippen molar-refractivity contribution in [3.05, 3.63) is 59.2 Å². The van der Waals surface area contributed by atoms with Gasteiger partial charge in [0.1, 0.15) is 17.4 Å². The lowest BCUT2D eigenvalue weighted by molar-refractivity contribution is -0.235. The molecule has 0 fully saturated rings. The van der Waals surface area contributed by atoms with Crippen LogP contribution in [0.1, 0.15) is 29.5 Å². The molecule has 0 bridgehead atoms. The molecule has 0 aromatic heterocycles. The summed E-state index contributed by atoms with van der Waals surface area (Å²) in [5.41, 5.74) is 2.49. The minimum Gasteiger partial charge on any atom is -0.457 e. The molecular weight excluding hydrogens is 256 g/mol. The van der Waals surface area contributed by atoms with E-state index in [2.05, 4.69) is 4.89 Å². The standard InChI is InChI=1S/C16H14O4/c1-2-10-6-5-9-13-14(10)15(16(17)20-18)11-7-3-4-8-12(11)19-13/h3-9,15,18H,2H2,1H3. The van der Waals surface area contributed by atoms with E-state index in [1.165, 1.54) is 0 Å². The van der Waals surface area contributed by atoms with Gasteiger partial charge in [-0.3, -0.25) is 4.89 Å². The summed E-state index contributed by atoms with van der Waals surface area (Å²) in [6.45, 7) is 2.01. The highest BCUT2D eigenvalue weighted by molar-refractivity contribution is 5.85. The zero-order valence-electron chi connectivity index (χ0n) is 11.0. The average Bonchev–Trinajstić information content (AvgIpc) is 2.51. The summed E-state index contributed by atoms with van der Waals surface area (Å²) < 4.78 is 5.86. The molecule has 0 aliphatic carbocycles. The lowest BCUT2D eigenvalue weighted by Crippen LogP contribution is -2.21. The van der Waals surface area contributed by atoms with E-state index >= 15 is 0 Å². The van der Waals surface area contributed by atoms with Crippen LogP contribution in [0.15, 0.2) is 42.5 Å². The Bertz CT molecular complexity index is 663. The normalized spacial score (nSPS) is 15.8. The van der Waals surface area contributed by atoms with Gasteiger partial charge in [0.15, 0.2) is 0 Å². The first-order valence-corrected chi connectivity index (χ1v) is 6.50. The topological polar surface area (TPSA) is 55.8 Å². The van der Waals surface area contributed by atoms with Crippen LogP contribution >= 0.6 is 0 Å². The Morgan fingerprint density at radius 3 is 2.70 bits per heavy atom. The van der Waals surface area contributed by atoms with Crippen molar-refractivity contribution in [3.8, 4) is 11.5 Å². The number of fused-ring (bicyclic) bond motifs is 2. The molecule has 102 valence electrons. The molecule has 0 saturated heterocycles. The van der Waals surface area contributed by atoms with Gasteiger partial charge in [-0.25, -0.2) is 4.79 Å². The van der Waals surface area contributed by atoms with E-state index in [9.17, 15) is 4.79 Å². The van der Waals surface area contributed by atoms with E-state index < -0.39 is 11.9 Å². The summed E-state index contributed by atoms with van der Waals surface area (Å²) in [5, 5.41) is 8.81. The van der Waals surface area contributed by atoms with Crippen LogP contribution in [-0.2, 0) is 16.1 Å². The first kappa shape index (κ1) is 12.7. The number of carbonyl (C=O) groups excluding carboxylic acids is 1. The molecule has 0 spiro atoms. The van der Waals surface area contributed by atoms with E-state index in [0.717, 1.165) is 17.5 Å². The van der Waals surface area contributed by atoms with Gasteiger partial charge >= 0.3 is 5.97 Å². The molecule has 1 unspecified atom stereocenters. The Morgan fingerprint density at radius 1 is 1.20 bits per heavy atom. The van der Waals surface area contributed by atoms with Gasteiger partial charge in [-0.1, -0.05) is 37.3 Å². The minimum atomic E-state index is -0.692. The summed E-state index contributed by atoms with van der Waals surface area (Å²) in [6.07, 6.45) is 0.768. The van der Waals surface area contributed by atoms with Gasteiger partial charge in [-0.15, -0.1) is 0 Å². The van der Waals surface area contributed by atoms with Crippen molar-refractivity contribution in [1.82, 2.24) is 0 Å². The Morgan fingerprint density at radius 2 is 1.95 bits per heavy atom. The molecule has 0 amide bonds. The fourth-order valence-electron chi connectivity index (χ4n) is 2.70. The predicted molar refractivity (Wildman–Crippen MR) is 72.9 cm³/mol. The number of hydrogen-bond acceptors (Lipinski definition) is 4. The summed E-state index contributed by atoms with van der Waals surface area (Å²) >= 11 is 0. The third kappa shape index (κ3) is 1.85. The third-order valence-electron chi connectivity index (χ3n) is 3.60. The monoisotopic (exact) mass is 270 g/mol. The first-order chi connectivity index (χ1) is 9.76. The zero-order chi connectivity index (χ0) is 14.1. The molecular formula is C16H14O4. The summed E-state index contributed by atoms with van der Waals surface area (Å²) in [6, 6.07) is 13.0. The second kappa shape index (κ2) is 4.98. The Balaban J connectivity index is 2.25. The number of para-hydroxylation sites is 1. The van der Waals surface area contributed by atoms with Gasteiger partial charge in [0.2, 0.25) is 0 Å². The molecule has 1 N–H and O–H groups in total. The highest BCUT2D eigenvalue weighted by Gasteiger charge is 2.35. The highest BCUT2D eigenvalue weighted by Crippen LogP contribution is 2.45. The molecule has 1 aliphatic heterocycles. The van der Waals surface area contributed by atoms with Crippen molar-refractivity contribution in [3.63, 3.8) is 0 Å². The number of carbonyl (C=O) groups is 1. The number of aryl methyl sites for hydroxylation is 1. The van der Waals surface area contributed by atoms with Gasteiger partial charge < -0.3 is 4.74 Å². The molecule has 4 heteroatoms. The lowest BCUT2D eigenvalue weighted by Gasteiger charge is -2.27. The van der Waals surface area contributed by atoms with Crippen molar-refractivity contribution in [2.24, 2.45) is 0 Å². The van der Waals surface area contributed by atoms with Gasteiger partial charge in [-0.2, -0.15) is 5.26 Å². The second-order valence-electron chi connectivity index (χ2n) is 4.67. The third-order valence-corrected chi connectivity index (χ3v) is 3.60. The second-order valence-corrected chi connectivity index (χ2v) is 4.67. The zero-order valence-corrected chi connectivity index (χ0v) is 11.0. The molecule has 2 aromatic rings. The Hall–Kier alpha value is -2.33. The molecule has 1 heterocycles. The maximum Gasteiger partial charge on any atom is 0.354 e. The molecule has 1 atom stereocenters. The Kier molecular flexibility index (Phi) is 3.16. The average molecular weight is 270 g/mol. The van der Waals surface area contributed by atoms with Gasteiger partial charge in [0.25, 0.3) is 0 Å². The van der Waals surface area contributed by atoms with E-state index in [1.807, 2.05) is 43.3 Å². The van der Waals surface area contributed by atoms with Crippen molar-refractivity contribution < 1.29 is 19.7 Å². The summed E-state index contributed by atoms with van der Waals surface area (Å²) in [4.78, 5) is 16.0. The van der Waals surface area contributed by atoms with Crippen molar-refractivity contribution in [1.29, 1.82) is 0 Å². The van der Waals surface area contributed by atoms with Gasteiger partial charge in [0.05, 0.1) is 0 Å². The fourth-order valence-corrected chi connectivity index (χ4v) is 2.70. The minimum absolute atomic E-state index is 0.614. The van der Waals surface area contributed by atoms with Crippen LogP contribution in [0.3, 0.4) is 0 Å². The van der Waals surface area contributed by atoms with Crippen LogP contribution in [0.4, 0.5) is 0 Å². The Labute approximate surface area is 116 Å². The van der Waals surface area contributed by atoms with Gasteiger partial charge in [0, 0.05) is 11.1 Å². The molecule has 4 nitrogen and oxygen atoms in total. The molecule has 0 radical (unpaired) electrons. The predicted octanol–water partition coefficient (Wildman–Crippen LogP) is 3.50. The van der Waals surface area contributed by atoms with Crippen molar-refractivity contribution in [2.45, 2.75) is 19.3 Å². The largest absolute Gasteiger partial charge is 0.457 e. The molecule has 0 saturated carbocycles. The number of ether oxygens (including phenoxy) is 1. The highest BCUT2D eigenvalue weighted by atomic mass is 17.1. The summed E-state index contributed by atoms with van der Waals surface area (Å²) in [5.74, 6) is -0.0962. The number of rotatable bonds is 2. The maximum atomic E-state index is 12.0. The SMILES string of the molecule is CCc1cccc2c1C(C(=O)OO)c1ccccc1O2. The quantitative estimate of drug-likeness (QED) is 0.670. The smallest absolute Gasteiger partial charge is 0.354 e. The van der Waals surface area contributed by atoms with E-state index in [0.29, 0.717) is 17.1 Å². The first-order valence-electron chi connectivity index (χ1n) is 6.50. The van der Waals surface area contributed by atoms with Gasteiger partial charge in [-0.05, 0) is 24.1 Å². The van der Waals surface area contributed by atoms with E-state index in [-0.39, 0.29) is 0 Å². The lowest BCUT2D eigenvalue weighted by atomic mass is 9.84. The summed E-state index contributed by atoms with van der Waals surface area (Å²) in [7, 11) is 0. The van der Waals surface area contributed by atoms with Crippen LogP contribution in [-0.4, -0.2) is 11.2 Å². The van der Waals surface area contributed by atoms with E-state index in [4.69, 9.17) is 9.99 Å². The molecule has 20 heavy (non-hydrogen) atoms. The van der Waals surface area contributed by atoms with Crippen molar-refractivity contribution >= 4 is 5.97 Å². The van der Waals surface area contributed by atoms with Crippen LogP contribution in [0.2, 0.25) is 0 Å². The number of benzene rings is 2. The fraction of sp³-hybridized carbons (Fsp3) is 0.188. The van der Waals surface area contributed by atoms with Crippen LogP contribution in [0, 0.1) is 0 Å². The molecule has 1 aliphatic rings. The van der Waals surface area contributed by atoms with Crippen LogP contribution in [0.25, 0.3) is 0 Å². The molecule has 2 aromatic carbocycles. The maximum absolute atomic E-state index is 12.0. The van der Waals surface area contributed by atoms with Crippen LogP contribution in [0.5, 0.6) is 11.5 Å². The molecule has 3 rings (SSSR count).